The third kappa shape index (κ3) is 3.97. The van der Waals surface area contributed by atoms with E-state index in [-0.39, 0.29) is 16.4 Å². The molecule has 0 fully saturated rings. The number of alkyl halides is 3. The Bertz CT molecular complexity index is 1160. The number of rotatable bonds is 3. The predicted octanol–water partition coefficient (Wildman–Crippen LogP) is 5.77. The molecule has 2 aromatic carbocycles. The molecule has 160 valence electrons. The van der Waals surface area contributed by atoms with Crippen LogP contribution >= 0.6 is 22.9 Å². The molecule has 0 bridgehead atoms. The summed E-state index contributed by atoms with van der Waals surface area (Å²) in [4.78, 5) is 19.1. The third-order valence-corrected chi connectivity index (χ3v) is 5.89. The number of primary amides is 1. The number of hydrogen-bond acceptors (Lipinski definition) is 5. The number of nitrogens with zero attached hydrogens (tertiary/aromatic N) is 3. The lowest BCUT2D eigenvalue weighted by Crippen LogP contribution is -2.35. The van der Waals surface area contributed by atoms with Crippen molar-refractivity contribution < 1.29 is 18.0 Å². The zero-order valence-corrected chi connectivity index (χ0v) is 17.2. The Hall–Kier alpha value is -3.08. The molecule has 0 radical (unpaired) electrons. The number of anilines is 3. The van der Waals surface area contributed by atoms with Gasteiger partial charge >= 0.3 is 12.2 Å². The SMILES string of the molecule is NC(=O)N(c1ccc(N2C=Nc3sccc3C2N)cc1)c1cc(C(F)(F)F)ccc1Cl. The van der Waals surface area contributed by atoms with Gasteiger partial charge in [0.1, 0.15) is 11.2 Å². The van der Waals surface area contributed by atoms with Crippen molar-refractivity contribution >= 4 is 57.4 Å². The molecule has 0 spiro atoms. The second-order valence-corrected chi connectivity index (χ2v) is 7.93. The first kappa shape index (κ1) is 21.2. The van der Waals surface area contributed by atoms with Gasteiger partial charge < -0.3 is 16.4 Å². The first-order valence-corrected chi connectivity index (χ1v) is 10.1. The molecule has 11 heteroatoms. The maximum Gasteiger partial charge on any atom is 0.416 e. The Morgan fingerprint density at radius 2 is 1.87 bits per heavy atom. The van der Waals surface area contributed by atoms with Crippen molar-refractivity contribution in [2.75, 3.05) is 9.80 Å². The second kappa shape index (κ2) is 7.88. The number of benzene rings is 2. The number of halogens is 4. The lowest BCUT2D eigenvalue weighted by atomic mass is 10.1. The fourth-order valence-electron chi connectivity index (χ4n) is 3.22. The molecular weight excluding hydrogens is 451 g/mol. The number of urea groups is 1. The molecule has 1 aromatic heterocycles. The van der Waals surface area contributed by atoms with E-state index >= 15 is 0 Å². The quantitative estimate of drug-likeness (QED) is 0.514. The summed E-state index contributed by atoms with van der Waals surface area (Å²) in [5.74, 6) is 0. The van der Waals surface area contributed by atoms with Gasteiger partial charge in [-0.1, -0.05) is 11.6 Å². The molecule has 6 nitrogen and oxygen atoms in total. The smallest absolute Gasteiger partial charge is 0.351 e. The molecule has 4 N–H and O–H groups in total. The van der Waals surface area contributed by atoms with Gasteiger partial charge in [0.2, 0.25) is 0 Å². The van der Waals surface area contributed by atoms with Crippen molar-refractivity contribution in [3.63, 3.8) is 0 Å². The number of aliphatic imine (C=N–C) groups is 1. The van der Waals surface area contributed by atoms with Crippen LogP contribution in [0.4, 0.5) is 40.0 Å². The van der Waals surface area contributed by atoms with E-state index in [1.165, 1.54) is 11.3 Å². The Labute approximate surface area is 184 Å². The first-order chi connectivity index (χ1) is 14.7. The third-order valence-electron chi connectivity index (χ3n) is 4.73. The van der Waals surface area contributed by atoms with E-state index in [2.05, 4.69) is 4.99 Å². The molecule has 2 heterocycles. The summed E-state index contributed by atoms with van der Waals surface area (Å²) in [5.41, 5.74) is 12.5. The molecule has 0 aliphatic carbocycles. The Balaban J connectivity index is 1.68. The predicted molar refractivity (Wildman–Crippen MR) is 116 cm³/mol. The van der Waals surface area contributed by atoms with E-state index in [0.717, 1.165) is 33.7 Å². The molecule has 3 aromatic rings. The van der Waals surface area contributed by atoms with Gasteiger partial charge in [-0.05, 0) is 53.9 Å². The van der Waals surface area contributed by atoms with Crippen molar-refractivity contribution in [2.24, 2.45) is 16.5 Å². The summed E-state index contributed by atoms with van der Waals surface area (Å²) >= 11 is 7.57. The average molecular weight is 466 g/mol. The number of carbonyl (C=O) groups is 1. The van der Waals surface area contributed by atoms with Crippen LogP contribution in [0.3, 0.4) is 0 Å². The first-order valence-electron chi connectivity index (χ1n) is 8.88. The number of thiophene rings is 1. The van der Waals surface area contributed by atoms with Gasteiger partial charge in [0.05, 0.1) is 28.3 Å². The normalized spacial score (nSPS) is 15.6. The van der Waals surface area contributed by atoms with E-state index in [0.29, 0.717) is 5.69 Å². The van der Waals surface area contributed by atoms with E-state index < -0.39 is 23.9 Å². The van der Waals surface area contributed by atoms with Crippen LogP contribution in [-0.4, -0.2) is 12.4 Å². The van der Waals surface area contributed by atoms with Gasteiger partial charge in [-0.3, -0.25) is 4.90 Å². The zero-order chi connectivity index (χ0) is 22.3. The molecule has 31 heavy (non-hydrogen) atoms. The Morgan fingerprint density at radius 1 is 1.16 bits per heavy atom. The maximum absolute atomic E-state index is 13.1. The minimum absolute atomic E-state index is 0.0500. The highest BCUT2D eigenvalue weighted by Gasteiger charge is 2.32. The van der Waals surface area contributed by atoms with Gasteiger partial charge in [-0.25, -0.2) is 9.79 Å². The van der Waals surface area contributed by atoms with Crippen molar-refractivity contribution in [1.82, 2.24) is 0 Å². The van der Waals surface area contributed by atoms with Crippen LogP contribution in [0.5, 0.6) is 0 Å². The zero-order valence-electron chi connectivity index (χ0n) is 15.7. The van der Waals surface area contributed by atoms with Gasteiger partial charge in [-0.15, -0.1) is 11.3 Å². The molecule has 0 saturated heterocycles. The standard InChI is InChI=1S/C20H15ClF3N5OS/c21-15-6-1-11(20(22,23)24)9-16(15)29(19(26)30)13-4-2-12(3-5-13)28-10-27-18-14(17(28)25)7-8-31-18/h1-10,17H,25H2,(H2,26,30). The molecule has 1 unspecified atom stereocenters. The van der Waals surface area contributed by atoms with Crippen molar-refractivity contribution in [3.8, 4) is 0 Å². The van der Waals surface area contributed by atoms with Gasteiger partial charge in [0.25, 0.3) is 0 Å². The number of carbonyl (C=O) groups excluding carboxylic acids is 1. The average Bonchev–Trinajstić information content (AvgIpc) is 3.19. The van der Waals surface area contributed by atoms with Crippen LogP contribution in [0.25, 0.3) is 0 Å². The molecule has 1 aliphatic rings. The van der Waals surface area contributed by atoms with Crippen LogP contribution < -0.4 is 21.3 Å². The molecule has 0 saturated carbocycles. The summed E-state index contributed by atoms with van der Waals surface area (Å²) < 4.78 is 39.4. The van der Waals surface area contributed by atoms with E-state index in [4.69, 9.17) is 23.1 Å². The highest BCUT2D eigenvalue weighted by Crippen LogP contribution is 2.40. The molecular formula is C20H15ClF3N5OS. The molecule has 4 rings (SSSR count). The summed E-state index contributed by atoms with van der Waals surface area (Å²) in [6.07, 6.45) is -3.44. The van der Waals surface area contributed by atoms with Gasteiger partial charge in [0.15, 0.2) is 0 Å². The number of hydrogen-bond donors (Lipinski definition) is 2. The summed E-state index contributed by atoms with van der Waals surface area (Å²) in [6, 6.07) is 10.0. The Morgan fingerprint density at radius 3 is 2.52 bits per heavy atom. The highest BCUT2D eigenvalue weighted by molar-refractivity contribution is 7.14. The van der Waals surface area contributed by atoms with E-state index in [1.54, 1.807) is 35.5 Å². The fraction of sp³-hybridized carbons (Fsp3) is 0.100. The highest BCUT2D eigenvalue weighted by atomic mass is 35.5. The van der Waals surface area contributed by atoms with E-state index in [9.17, 15) is 18.0 Å². The van der Waals surface area contributed by atoms with Gasteiger partial charge in [0, 0.05) is 11.3 Å². The van der Waals surface area contributed by atoms with Crippen molar-refractivity contribution in [1.29, 1.82) is 0 Å². The number of fused-ring (bicyclic) bond motifs is 1. The minimum atomic E-state index is -4.60. The monoisotopic (exact) mass is 465 g/mol. The van der Waals surface area contributed by atoms with Crippen LogP contribution in [0, 0.1) is 0 Å². The summed E-state index contributed by atoms with van der Waals surface area (Å²) in [5, 5.41) is 2.68. The lowest BCUT2D eigenvalue weighted by molar-refractivity contribution is -0.137. The van der Waals surface area contributed by atoms with Crippen LogP contribution in [0.2, 0.25) is 5.02 Å². The van der Waals surface area contributed by atoms with E-state index in [1.807, 2.05) is 11.4 Å². The Kier molecular flexibility index (Phi) is 5.38. The minimum Gasteiger partial charge on any atom is -0.351 e. The van der Waals surface area contributed by atoms with Crippen molar-refractivity contribution in [2.45, 2.75) is 12.3 Å². The van der Waals surface area contributed by atoms with Crippen LogP contribution in [-0.2, 0) is 6.18 Å². The van der Waals surface area contributed by atoms with Crippen LogP contribution in [0.1, 0.15) is 17.3 Å². The summed E-state index contributed by atoms with van der Waals surface area (Å²) in [6.45, 7) is 0. The fourth-order valence-corrected chi connectivity index (χ4v) is 4.20. The number of amides is 2. The topological polar surface area (TPSA) is 88.0 Å². The van der Waals surface area contributed by atoms with Crippen LogP contribution in [0.15, 0.2) is 58.9 Å². The largest absolute Gasteiger partial charge is 0.416 e. The molecule has 1 aliphatic heterocycles. The lowest BCUT2D eigenvalue weighted by Gasteiger charge is -2.30. The maximum atomic E-state index is 13.1. The van der Waals surface area contributed by atoms with Crippen molar-refractivity contribution in [3.05, 3.63) is 70.1 Å². The second-order valence-electron chi connectivity index (χ2n) is 6.63. The summed E-state index contributed by atoms with van der Waals surface area (Å²) in [7, 11) is 0. The molecule has 2 amide bonds. The molecule has 1 atom stereocenters. The number of nitrogens with two attached hydrogens (primary N) is 2. The van der Waals surface area contributed by atoms with Gasteiger partial charge in [-0.2, -0.15) is 13.2 Å².